The summed E-state index contributed by atoms with van der Waals surface area (Å²) in [5.74, 6) is 0.432. The molecular weight excluding hydrogens is 238 g/mol. The molecule has 0 aromatic heterocycles. The Morgan fingerprint density at radius 1 is 1.29 bits per heavy atom. The number of hydrogen-bond acceptors (Lipinski definition) is 3. The van der Waals surface area contributed by atoms with E-state index in [1.54, 1.807) is 7.05 Å². The molecule has 0 aromatic carbocycles. The molecule has 5 heteroatoms. The first-order valence-electron chi connectivity index (χ1n) is 6.45. The molecule has 0 aromatic rings. The van der Waals surface area contributed by atoms with Gasteiger partial charge in [0.2, 0.25) is 10.0 Å². The summed E-state index contributed by atoms with van der Waals surface area (Å²) in [6, 6.07) is 0. The molecule has 0 bridgehead atoms. The van der Waals surface area contributed by atoms with Crippen LogP contribution in [0.1, 0.15) is 39.5 Å². The van der Waals surface area contributed by atoms with E-state index in [1.165, 1.54) is 4.31 Å². The Morgan fingerprint density at radius 3 is 2.41 bits per heavy atom. The van der Waals surface area contributed by atoms with Gasteiger partial charge in [-0.15, -0.1) is 0 Å². The van der Waals surface area contributed by atoms with Crippen LogP contribution in [0.4, 0.5) is 0 Å². The lowest BCUT2D eigenvalue weighted by Gasteiger charge is -2.31. The first-order valence-corrected chi connectivity index (χ1v) is 8.06. The molecule has 1 N–H and O–H groups in total. The SMILES string of the molecule is CC(C)CS(=O)(=O)N(C)CC1CCCCC1O. The average Bonchev–Trinajstić information content (AvgIpc) is 2.19. The molecule has 0 radical (unpaired) electrons. The van der Waals surface area contributed by atoms with E-state index in [0.717, 1.165) is 25.7 Å². The van der Waals surface area contributed by atoms with Crippen LogP contribution in [0.3, 0.4) is 0 Å². The van der Waals surface area contributed by atoms with Gasteiger partial charge < -0.3 is 5.11 Å². The quantitative estimate of drug-likeness (QED) is 0.817. The number of hydrogen-bond donors (Lipinski definition) is 1. The van der Waals surface area contributed by atoms with Crippen LogP contribution in [0.2, 0.25) is 0 Å². The van der Waals surface area contributed by atoms with Gasteiger partial charge in [0.25, 0.3) is 0 Å². The van der Waals surface area contributed by atoms with E-state index < -0.39 is 10.0 Å². The molecule has 1 fully saturated rings. The highest BCUT2D eigenvalue weighted by atomic mass is 32.2. The molecule has 0 saturated heterocycles. The maximum Gasteiger partial charge on any atom is 0.214 e. The Balaban J connectivity index is 2.55. The molecule has 1 aliphatic carbocycles. The summed E-state index contributed by atoms with van der Waals surface area (Å²) < 4.78 is 25.4. The molecule has 17 heavy (non-hydrogen) atoms. The third-order valence-corrected chi connectivity index (χ3v) is 5.57. The molecule has 1 saturated carbocycles. The minimum atomic E-state index is -3.16. The van der Waals surface area contributed by atoms with Crippen LogP contribution in [0.5, 0.6) is 0 Å². The molecule has 102 valence electrons. The molecule has 0 aliphatic heterocycles. The molecule has 1 aliphatic rings. The third-order valence-electron chi connectivity index (χ3n) is 3.38. The molecule has 2 atom stereocenters. The highest BCUT2D eigenvalue weighted by molar-refractivity contribution is 7.89. The Kier molecular flexibility index (Phi) is 5.41. The molecule has 0 spiro atoms. The van der Waals surface area contributed by atoms with E-state index in [4.69, 9.17) is 0 Å². The molecule has 4 nitrogen and oxygen atoms in total. The van der Waals surface area contributed by atoms with Gasteiger partial charge in [-0.2, -0.15) is 0 Å². The largest absolute Gasteiger partial charge is 0.393 e. The summed E-state index contributed by atoms with van der Waals surface area (Å²) in [6.07, 6.45) is 3.56. The molecule has 2 unspecified atom stereocenters. The van der Waals surface area contributed by atoms with Gasteiger partial charge in [-0.05, 0) is 24.7 Å². The van der Waals surface area contributed by atoms with Crippen molar-refractivity contribution in [1.29, 1.82) is 0 Å². The zero-order chi connectivity index (χ0) is 13.1. The highest BCUT2D eigenvalue weighted by Crippen LogP contribution is 2.25. The summed E-state index contributed by atoms with van der Waals surface area (Å²) in [7, 11) is -1.54. The second-order valence-electron chi connectivity index (χ2n) is 5.56. The van der Waals surface area contributed by atoms with Crippen LogP contribution < -0.4 is 0 Å². The lowest BCUT2D eigenvalue weighted by atomic mass is 9.86. The van der Waals surface area contributed by atoms with Crippen LogP contribution in [-0.4, -0.2) is 43.3 Å². The Morgan fingerprint density at radius 2 is 1.88 bits per heavy atom. The monoisotopic (exact) mass is 263 g/mol. The summed E-state index contributed by atoms with van der Waals surface area (Å²) in [6.45, 7) is 4.26. The van der Waals surface area contributed by atoms with Gasteiger partial charge in [0, 0.05) is 13.6 Å². The molecular formula is C12H25NO3S. The number of aliphatic hydroxyl groups excluding tert-OH is 1. The molecule has 0 amide bonds. The maximum absolute atomic E-state index is 12.0. The van der Waals surface area contributed by atoms with E-state index in [9.17, 15) is 13.5 Å². The van der Waals surface area contributed by atoms with Crippen molar-refractivity contribution in [2.45, 2.75) is 45.6 Å². The predicted octanol–water partition coefficient (Wildman–Crippen LogP) is 1.46. The van der Waals surface area contributed by atoms with E-state index >= 15 is 0 Å². The van der Waals surface area contributed by atoms with E-state index in [1.807, 2.05) is 13.8 Å². The number of sulfonamides is 1. The number of aliphatic hydroxyl groups is 1. The van der Waals surface area contributed by atoms with Crippen molar-refractivity contribution in [2.24, 2.45) is 11.8 Å². The highest BCUT2D eigenvalue weighted by Gasteiger charge is 2.28. The average molecular weight is 263 g/mol. The van der Waals surface area contributed by atoms with Crippen molar-refractivity contribution in [3.63, 3.8) is 0 Å². The number of rotatable bonds is 5. The van der Waals surface area contributed by atoms with Crippen LogP contribution in [0.15, 0.2) is 0 Å². The van der Waals surface area contributed by atoms with Crippen LogP contribution >= 0.6 is 0 Å². The second kappa shape index (κ2) is 6.16. The topological polar surface area (TPSA) is 57.6 Å². The van der Waals surface area contributed by atoms with E-state index in [2.05, 4.69) is 0 Å². The second-order valence-corrected chi connectivity index (χ2v) is 7.69. The van der Waals surface area contributed by atoms with Crippen molar-refractivity contribution < 1.29 is 13.5 Å². The van der Waals surface area contributed by atoms with E-state index in [-0.39, 0.29) is 23.7 Å². The lowest BCUT2D eigenvalue weighted by molar-refractivity contribution is 0.0620. The first kappa shape index (κ1) is 14.9. The van der Waals surface area contributed by atoms with Crippen LogP contribution in [0, 0.1) is 11.8 Å². The molecule has 0 heterocycles. The Labute approximate surface area is 105 Å². The van der Waals surface area contributed by atoms with Gasteiger partial charge in [0.05, 0.1) is 11.9 Å². The standard InChI is InChI=1S/C12H25NO3S/c1-10(2)9-17(15,16)13(3)8-11-6-4-5-7-12(11)14/h10-12,14H,4-9H2,1-3H3. The Bertz CT molecular complexity index is 327. The fraction of sp³-hybridized carbons (Fsp3) is 1.00. The van der Waals surface area contributed by atoms with Crippen LogP contribution in [-0.2, 0) is 10.0 Å². The summed E-state index contributed by atoms with van der Waals surface area (Å²) in [4.78, 5) is 0. The van der Waals surface area contributed by atoms with Gasteiger partial charge in [-0.3, -0.25) is 0 Å². The minimum absolute atomic E-state index is 0.107. The normalized spacial score (nSPS) is 26.7. The zero-order valence-corrected chi connectivity index (χ0v) is 11.9. The summed E-state index contributed by atoms with van der Waals surface area (Å²) >= 11 is 0. The first-order chi connectivity index (χ1) is 7.83. The Hall–Kier alpha value is -0.130. The minimum Gasteiger partial charge on any atom is -0.393 e. The van der Waals surface area contributed by atoms with Crippen molar-refractivity contribution in [3.8, 4) is 0 Å². The number of nitrogens with zero attached hydrogens (tertiary/aromatic N) is 1. The fourth-order valence-electron chi connectivity index (χ4n) is 2.39. The van der Waals surface area contributed by atoms with Gasteiger partial charge in [-0.25, -0.2) is 12.7 Å². The third kappa shape index (κ3) is 4.56. The smallest absolute Gasteiger partial charge is 0.214 e. The summed E-state index contributed by atoms with van der Waals surface area (Å²) in [5.41, 5.74) is 0. The maximum atomic E-state index is 12.0. The van der Waals surface area contributed by atoms with Crippen molar-refractivity contribution >= 4 is 10.0 Å². The van der Waals surface area contributed by atoms with Crippen LogP contribution in [0.25, 0.3) is 0 Å². The van der Waals surface area contributed by atoms with Crippen molar-refractivity contribution in [2.75, 3.05) is 19.3 Å². The predicted molar refractivity (Wildman–Crippen MR) is 69.2 cm³/mol. The van der Waals surface area contributed by atoms with Gasteiger partial charge in [-0.1, -0.05) is 26.7 Å². The molecule has 1 rings (SSSR count). The summed E-state index contributed by atoms with van der Waals surface area (Å²) in [5, 5.41) is 9.84. The van der Waals surface area contributed by atoms with Crippen molar-refractivity contribution in [1.82, 2.24) is 4.31 Å². The van der Waals surface area contributed by atoms with E-state index in [0.29, 0.717) is 6.54 Å². The van der Waals surface area contributed by atoms with Crippen molar-refractivity contribution in [3.05, 3.63) is 0 Å². The fourth-order valence-corrected chi connectivity index (χ4v) is 3.91. The van der Waals surface area contributed by atoms with Gasteiger partial charge >= 0.3 is 0 Å². The zero-order valence-electron chi connectivity index (χ0n) is 11.1. The van der Waals surface area contributed by atoms with Gasteiger partial charge in [0.15, 0.2) is 0 Å². The lowest BCUT2D eigenvalue weighted by Crippen LogP contribution is -2.39. The van der Waals surface area contributed by atoms with Gasteiger partial charge in [0.1, 0.15) is 0 Å².